The summed E-state index contributed by atoms with van der Waals surface area (Å²) in [7, 11) is 0. The van der Waals surface area contributed by atoms with Gasteiger partial charge < -0.3 is 10.2 Å². The molecular weight excluding hydrogens is 347 g/mol. The van der Waals surface area contributed by atoms with Crippen LogP contribution in [0.3, 0.4) is 0 Å². The number of nitrogens with zero attached hydrogens (tertiary/aromatic N) is 1. The van der Waals surface area contributed by atoms with E-state index >= 15 is 0 Å². The van der Waals surface area contributed by atoms with Crippen LogP contribution in [0.15, 0.2) is 48.5 Å². The Morgan fingerprint density at radius 3 is 2.07 bits per heavy atom. The van der Waals surface area contributed by atoms with E-state index in [9.17, 15) is 18.8 Å². The quantitative estimate of drug-likeness (QED) is 0.791. The molecule has 0 spiro atoms. The molecule has 5 nitrogen and oxygen atoms in total. The molecule has 0 saturated carbocycles. The fourth-order valence-electron chi connectivity index (χ4n) is 3.03. The van der Waals surface area contributed by atoms with Crippen molar-refractivity contribution in [2.75, 3.05) is 18.4 Å². The molecule has 1 saturated heterocycles. The minimum atomic E-state index is -0.407. The summed E-state index contributed by atoms with van der Waals surface area (Å²) >= 11 is 0. The number of likely N-dealkylation sites (tertiary alicyclic amines) is 1. The molecule has 1 aliphatic rings. The lowest BCUT2D eigenvalue weighted by molar-refractivity contribution is -0.116. The number of hydrogen-bond donors (Lipinski definition) is 1. The van der Waals surface area contributed by atoms with Gasteiger partial charge in [0, 0.05) is 42.7 Å². The lowest BCUT2D eigenvalue weighted by atomic mass is 10.1. The van der Waals surface area contributed by atoms with Crippen molar-refractivity contribution in [3.8, 4) is 0 Å². The first-order chi connectivity index (χ1) is 13.0. The van der Waals surface area contributed by atoms with Crippen LogP contribution in [0.5, 0.6) is 0 Å². The number of benzene rings is 2. The normalized spacial score (nSPS) is 13.4. The number of halogens is 1. The summed E-state index contributed by atoms with van der Waals surface area (Å²) < 4.78 is 12.9. The van der Waals surface area contributed by atoms with Gasteiger partial charge in [-0.2, -0.15) is 0 Å². The summed E-state index contributed by atoms with van der Waals surface area (Å²) in [5.41, 5.74) is 1.56. The molecule has 0 atom stereocenters. The lowest BCUT2D eigenvalue weighted by Gasteiger charge is -2.15. The van der Waals surface area contributed by atoms with Gasteiger partial charge in [0.2, 0.25) is 5.91 Å². The summed E-state index contributed by atoms with van der Waals surface area (Å²) in [5.74, 6) is -0.896. The first kappa shape index (κ1) is 18.8. The van der Waals surface area contributed by atoms with Crippen LogP contribution in [-0.2, 0) is 4.79 Å². The number of anilines is 1. The average Bonchev–Trinajstić information content (AvgIpc) is 3.21. The fourth-order valence-corrected chi connectivity index (χ4v) is 3.03. The molecule has 2 aromatic rings. The highest BCUT2D eigenvalue weighted by Crippen LogP contribution is 2.16. The Morgan fingerprint density at radius 2 is 1.44 bits per heavy atom. The number of carbonyl (C=O) groups excluding carboxylic acids is 3. The molecule has 1 heterocycles. The van der Waals surface area contributed by atoms with Gasteiger partial charge >= 0.3 is 0 Å². The van der Waals surface area contributed by atoms with Gasteiger partial charge in [-0.25, -0.2) is 4.39 Å². The van der Waals surface area contributed by atoms with E-state index in [-0.39, 0.29) is 30.4 Å². The number of hydrogen-bond acceptors (Lipinski definition) is 3. The predicted molar refractivity (Wildman–Crippen MR) is 100 cm³/mol. The zero-order valence-corrected chi connectivity index (χ0v) is 14.9. The average molecular weight is 368 g/mol. The van der Waals surface area contributed by atoms with Crippen LogP contribution in [0.25, 0.3) is 0 Å². The van der Waals surface area contributed by atoms with Gasteiger partial charge in [0.1, 0.15) is 5.82 Å². The Balaban J connectivity index is 1.49. The van der Waals surface area contributed by atoms with E-state index in [0.717, 1.165) is 25.9 Å². The molecule has 1 aliphatic heterocycles. The second-order valence-corrected chi connectivity index (χ2v) is 6.55. The van der Waals surface area contributed by atoms with Gasteiger partial charge in [0.15, 0.2) is 5.78 Å². The summed E-state index contributed by atoms with van der Waals surface area (Å²) in [6.45, 7) is 1.58. The zero-order valence-electron chi connectivity index (χ0n) is 14.9. The van der Waals surface area contributed by atoms with Crippen LogP contribution in [0.2, 0.25) is 0 Å². The molecule has 3 rings (SSSR count). The minimum Gasteiger partial charge on any atom is -0.339 e. The van der Waals surface area contributed by atoms with E-state index in [1.165, 1.54) is 24.3 Å². The van der Waals surface area contributed by atoms with Gasteiger partial charge in [0.05, 0.1) is 0 Å². The number of rotatable bonds is 6. The van der Waals surface area contributed by atoms with Crippen molar-refractivity contribution in [2.45, 2.75) is 25.7 Å². The Kier molecular flexibility index (Phi) is 5.96. The number of Topliss-reactive ketones (excluding diaryl/α,β-unsaturated/α-hetero) is 1. The van der Waals surface area contributed by atoms with Crippen molar-refractivity contribution >= 4 is 23.3 Å². The number of ketones is 1. The highest BCUT2D eigenvalue weighted by Gasteiger charge is 2.19. The topological polar surface area (TPSA) is 66.5 Å². The van der Waals surface area contributed by atoms with Crippen LogP contribution in [-0.4, -0.2) is 35.6 Å². The molecule has 2 aromatic carbocycles. The lowest BCUT2D eigenvalue weighted by Crippen LogP contribution is -2.27. The largest absolute Gasteiger partial charge is 0.339 e. The summed E-state index contributed by atoms with van der Waals surface area (Å²) in [4.78, 5) is 38.2. The van der Waals surface area contributed by atoms with Gasteiger partial charge in [-0.1, -0.05) is 0 Å². The number of carbonyl (C=O) groups is 3. The van der Waals surface area contributed by atoms with Gasteiger partial charge in [0.25, 0.3) is 5.91 Å². The maximum Gasteiger partial charge on any atom is 0.253 e. The predicted octanol–water partition coefficient (Wildman–Crippen LogP) is 3.66. The fraction of sp³-hybridized carbons (Fsp3) is 0.286. The molecule has 0 unspecified atom stereocenters. The molecule has 0 aromatic heterocycles. The van der Waals surface area contributed by atoms with Gasteiger partial charge in [-0.3, -0.25) is 14.4 Å². The van der Waals surface area contributed by atoms with Crippen LogP contribution in [0.4, 0.5) is 10.1 Å². The van der Waals surface area contributed by atoms with Crippen LogP contribution in [0.1, 0.15) is 46.4 Å². The molecule has 27 heavy (non-hydrogen) atoms. The van der Waals surface area contributed by atoms with E-state index in [1.54, 1.807) is 24.3 Å². The monoisotopic (exact) mass is 368 g/mol. The molecule has 6 heteroatoms. The van der Waals surface area contributed by atoms with Crippen molar-refractivity contribution < 1.29 is 18.8 Å². The first-order valence-electron chi connectivity index (χ1n) is 9.01. The highest BCUT2D eigenvalue weighted by molar-refractivity contribution is 6.00. The van der Waals surface area contributed by atoms with Gasteiger partial charge in [-0.15, -0.1) is 0 Å². The van der Waals surface area contributed by atoms with Crippen molar-refractivity contribution in [2.24, 2.45) is 0 Å². The smallest absolute Gasteiger partial charge is 0.253 e. The Bertz CT molecular complexity index is 826. The Morgan fingerprint density at radius 1 is 0.852 bits per heavy atom. The molecular formula is C21H21FN2O3. The maximum atomic E-state index is 12.9. The second-order valence-electron chi connectivity index (χ2n) is 6.55. The molecule has 1 fully saturated rings. The molecule has 0 radical (unpaired) electrons. The Hall–Kier alpha value is -3.02. The zero-order chi connectivity index (χ0) is 19.2. The molecule has 2 amide bonds. The maximum absolute atomic E-state index is 12.9. The standard InChI is InChI=1S/C21H21FN2O3/c22-17-7-3-15(4-8-17)19(25)11-12-20(26)23-18-9-5-16(6-10-18)21(27)24-13-1-2-14-24/h3-10H,1-2,11-14H2,(H,23,26). The van der Waals surface area contributed by atoms with Crippen LogP contribution in [0, 0.1) is 5.82 Å². The van der Waals surface area contributed by atoms with Crippen molar-refractivity contribution in [1.82, 2.24) is 4.90 Å². The molecule has 140 valence electrons. The first-order valence-corrected chi connectivity index (χ1v) is 9.01. The molecule has 1 N–H and O–H groups in total. The third kappa shape index (κ3) is 5.00. The third-order valence-corrected chi connectivity index (χ3v) is 4.55. The van der Waals surface area contributed by atoms with E-state index in [2.05, 4.69) is 5.32 Å². The number of nitrogens with one attached hydrogen (secondary N) is 1. The minimum absolute atomic E-state index is 0.00951. The molecule has 0 aliphatic carbocycles. The van der Waals surface area contributed by atoms with Gasteiger partial charge in [-0.05, 0) is 61.4 Å². The van der Waals surface area contributed by atoms with Crippen molar-refractivity contribution in [3.05, 3.63) is 65.5 Å². The molecule has 0 bridgehead atoms. The van der Waals surface area contributed by atoms with E-state index in [0.29, 0.717) is 16.8 Å². The van der Waals surface area contributed by atoms with E-state index < -0.39 is 5.82 Å². The SMILES string of the molecule is O=C(CCC(=O)c1ccc(F)cc1)Nc1ccc(C(=O)N2CCCC2)cc1. The van der Waals surface area contributed by atoms with Crippen molar-refractivity contribution in [1.29, 1.82) is 0 Å². The summed E-state index contributed by atoms with van der Waals surface area (Å²) in [6.07, 6.45) is 2.15. The van der Waals surface area contributed by atoms with Crippen LogP contribution < -0.4 is 5.32 Å². The third-order valence-electron chi connectivity index (χ3n) is 4.55. The highest BCUT2D eigenvalue weighted by atomic mass is 19.1. The summed E-state index contributed by atoms with van der Waals surface area (Å²) in [6, 6.07) is 12.0. The van der Waals surface area contributed by atoms with E-state index in [4.69, 9.17) is 0 Å². The van der Waals surface area contributed by atoms with Crippen LogP contribution >= 0.6 is 0 Å². The second kappa shape index (κ2) is 8.58. The Labute approximate surface area is 157 Å². The van der Waals surface area contributed by atoms with Crippen molar-refractivity contribution in [3.63, 3.8) is 0 Å². The number of amides is 2. The van der Waals surface area contributed by atoms with E-state index in [1.807, 2.05) is 4.90 Å². The summed E-state index contributed by atoms with van der Waals surface area (Å²) in [5, 5.41) is 2.72.